The lowest BCUT2D eigenvalue weighted by molar-refractivity contribution is -0.134. The monoisotopic (exact) mass is 406 g/mol. The van der Waals surface area contributed by atoms with Gasteiger partial charge >= 0.3 is 7.12 Å². The van der Waals surface area contributed by atoms with Crippen molar-refractivity contribution in [2.75, 3.05) is 4.90 Å². The van der Waals surface area contributed by atoms with Crippen molar-refractivity contribution >= 4 is 46.8 Å². The standard InChI is InChI=1S/C22H23BN2O5/c1-21(2)22(3,4)30-23(29-21)14-9-8-13-18-12(14)6-5-7-15(18)25(20(13)28)16-10-11-17(26)24-19(16)27/h5-9,16H,10-11H2,1-4H3,(H,24,26,27). The van der Waals surface area contributed by atoms with Crippen LogP contribution >= 0.6 is 0 Å². The zero-order valence-corrected chi connectivity index (χ0v) is 17.4. The van der Waals surface area contributed by atoms with Crippen molar-refractivity contribution in [3.05, 3.63) is 35.9 Å². The molecule has 3 heterocycles. The maximum absolute atomic E-state index is 13.2. The lowest BCUT2D eigenvalue weighted by Gasteiger charge is -2.32. The van der Waals surface area contributed by atoms with E-state index in [9.17, 15) is 14.4 Å². The Morgan fingerprint density at radius 1 is 1.03 bits per heavy atom. The van der Waals surface area contributed by atoms with Crippen LogP contribution in [-0.4, -0.2) is 42.1 Å². The van der Waals surface area contributed by atoms with Crippen LogP contribution in [0.5, 0.6) is 0 Å². The highest BCUT2D eigenvalue weighted by molar-refractivity contribution is 6.65. The molecular formula is C22H23BN2O5. The van der Waals surface area contributed by atoms with Gasteiger partial charge < -0.3 is 9.31 Å². The fourth-order valence-corrected chi connectivity index (χ4v) is 4.44. The van der Waals surface area contributed by atoms with Gasteiger partial charge in [-0.05, 0) is 57.1 Å². The van der Waals surface area contributed by atoms with Gasteiger partial charge in [0.25, 0.3) is 5.91 Å². The van der Waals surface area contributed by atoms with Crippen molar-refractivity contribution in [3.8, 4) is 0 Å². The van der Waals surface area contributed by atoms with Crippen LogP contribution in [0.1, 0.15) is 50.9 Å². The highest BCUT2D eigenvalue weighted by Gasteiger charge is 2.52. The molecule has 0 saturated carbocycles. The molecule has 3 amide bonds. The van der Waals surface area contributed by atoms with Crippen LogP contribution in [0.15, 0.2) is 30.3 Å². The summed E-state index contributed by atoms with van der Waals surface area (Å²) in [5.41, 5.74) is 1.13. The number of imide groups is 1. The van der Waals surface area contributed by atoms with Crippen LogP contribution in [0.3, 0.4) is 0 Å². The second-order valence-electron chi connectivity index (χ2n) is 9.13. The van der Waals surface area contributed by atoms with Gasteiger partial charge in [-0.1, -0.05) is 18.2 Å². The average molecular weight is 406 g/mol. The van der Waals surface area contributed by atoms with Crippen molar-refractivity contribution in [1.29, 1.82) is 0 Å². The average Bonchev–Trinajstić information content (AvgIpc) is 3.07. The molecule has 1 atom stereocenters. The Kier molecular flexibility index (Phi) is 3.95. The second-order valence-corrected chi connectivity index (χ2v) is 9.13. The molecule has 0 aromatic heterocycles. The third-order valence-corrected chi connectivity index (χ3v) is 6.79. The first-order valence-electron chi connectivity index (χ1n) is 10.2. The number of nitrogens with one attached hydrogen (secondary N) is 1. The quantitative estimate of drug-likeness (QED) is 0.609. The van der Waals surface area contributed by atoms with E-state index in [1.165, 1.54) is 4.90 Å². The number of carbonyl (C=O) groups excluding carboxylic acids is 3. The molecule has 3 aliphatic rings. The summed E-state index contributed by atoms with van der Waals surface area (Å²) in [6, 6.07) is 8.61. The first kappa shape index (κ1) is 19.3. The normalized spacial score (nSPS) is 24.7. The summed E-state index contributed by atoms with van der Waals surface area (Å²) in [6.45, 7) is 8.01. The van der Waals surface area contributed by atoms with Gasteiger partial charge in [0.15, 0.2) is 0 Å². The molecule has 0 aliphatic carbocycles. The van der Waals surface area contributed by atoms with Crippen LogP contribution in [0.25, 0.3) is 10.8 Å². The smallest absolute Gasteiger partial charge is 0.399 e. The van der Waals surface area contributed by atoms with E-state index < -0.39 is 30.3 Å². The van der Waals surface area contributed by atoms with Gasteiger partial charge in [0.05, 0.1) is 16.9 Å². The molecule has 1 unspecified atom stereocenters. The van der Waals surface area contributed by atoms with E-state index in [1.807, 2.05) is 52.0 Å². The Labute approximate surface area is 174 Å². The van der Waals surface area contributed by atoms with Crippen molar-refractivity contribution < 1.29 is 23.7 Å². The molecule has 0 spiro atoms. The number of amides is 3. The molecule has 2 saturated heterocycles. The molecule has 3 aliphatic heterocycles. The fraction of sp³-hybridized carbons (Fsp3) is 0.409. The molecule has 2 fully saturated rings. The molecule has 5 rings (SSSR count). The Bertz CT molecular complexity index is 1110. The number of hydrogen-bond donors (Lipinski definition) is 1. The largest absolute Gasteiger partial charge is 0.495 e. The molecule has 0 radical (unpaired) electrons. The van der Waals surface area contributed by atoms with Crippen molar-refractivity contribution in [1.82, 2.24) is 5.32 Å². The molecule has 2 aromatic rings. The molecule has 154 valence electrons. The zero-order chi connectivity index (χ0) is 21.4. The van der Waals surface area contributed by atoms with Gasteiger partial charge in [-0.2, -0.15) is 0 Å². The van der Waals surface area contributed by atoms with E-state index in [-0.39, 0.29) is 18.2 Å². The van der Waals surface area contributed by atoms with Gasteiger partial charge in [-0.3, -0.25) is 24.6 Å². The van der Waals surface area contributed by atoms with E-state index in [0.29, 0.717) is 17.7 Å². The summed E-state index contributed by atoms with van der Waals surface area (Å²) in [4.78, 5) is 38.8. The second kappa shape index (κ2) is 6.15. The number of rotatable bonds is 2. The molecule has 1 N–H and O–H groups in total. The van der Waals surface area contributed by atoms with E-state index >= 15 is 0 Å². The van der Waals surface area contributed by atoms with E-state index in [4.69, 9.17) is 9.31 Å². The first-order valence-corrected chi connectivity index (χ1v) is 10.2. The number of benzene rings is 2. The maximum atomic E-state index is 13.2. The van der Waals surface area contributed by atoms with Gasteiger partial charge in [-0.25, -0.2) is 0 Å². The molecule has 0 bridgehead atoms. The molecular weight excluding hydrogens is 383 g/mol. The predicted octanol–water partition coefficient (Wildman–Crippen LogP) is 1.90. The summed E-state index contributed by atoms with van der Waals surface area (Å²) in [6.07, 6.45) is 0.524. The minimum absolute atomic E-state index is 0.214. The Balaban J connectivity index is 1.61. The van der Waals surface area contributed by atoms with Crippen molar-refractivity contribution in [2.45, 2.75) is 57.8 Å². The van der Waals surface area contributed by atoms with Crippen LogP contribution < -0.4 is 15.7 Å². The number of anilines is 1. The van der Waals surface area contributed by atoms with E-state index in [1.54, 1.807) is 6.07 Å². The topological polar surface area (TPSA) is 84.9 Å². The van der Waals surface area contributed by atoms with Crippen LogP contribution in [0.4, 0.5) is 5.69 Å². The fourth-order valence-electron chi connectivity index (χ4n) is 4.44. The van der Waals surface area contributed by atoms with Gasteiger partial charge in [0, 0.05) is 17.4 Å². The predicted molar refractivity (Wildman–Crippen MR) is 113 cm³/mol. The minimum Gasteiger partial charge on any atom is -0.399 e. The van der Waals surface area contributed by atoms with E-state index in [2.05, 4.69) is 5.32 Å². The van der Waals surface area contributed by atoms with Crippen LogP contribution in [-0.2, 0) is 18.9 Å². The number of carbonyl (C=O) groups is 3. The lowest BCUT2D eigenvalue weighted by atomic mass is 9.75. The van der Waals surface area contributed by atoms with Gasteiger partial charge in [-0.15, -0.1) is 0 Å². The third-order valence-electron chi connectivity index (χ3n) is 6.79. The zero-order valence-electron chi connectivity index (χ0n) is 17.4. The Hall–Kier alpha value is -2.71. The van der Waals surface area contributed by atoms with Crippen molar-refractivity contribution in [2.24, 2.45) is 0 Å². The lowest BCUT2D eigenvalue weighted by Crippen LogP contribution is -2.53. The number of nitrogens with zero attached hydrogens (tertiary/aromatic N) is 1. The Morgan fingerprint density at radius 2 is 1.73 bits per heavy atom. The summed E-state index contributed by atoms with van der Waals surface area (Å²) < 4.78 is 12.5. The van der Waals surface area contributed by atoms with Crippen LogP contribution in [0.2, 0.25) is 0 Å². The number of piperidine rings is 1. The number of hydrogen-bond acceptors (Lipinski definition) is 5. The highest BCUT2D eigenvalue weighted by Crippen LogP contribution is 2.41. The maximum Gasteiger partial charge on any atom is 0.495 e. The summed E-state index contributed by atoms with van der Waals surface area (Å²) in [5, 5.41) is 4.01. The molecule has 30 heavy (non-hydrogen) atoms. The Morgan fingerprint density at radius 3 is 2.40 bits per heavy atom. The first-order chi connectivity index (χ1) is 14.1. The van der Waals surface area contributed by atoms with Gasteiger partial charge in [0.1, 0.15) is 6.04 Å². The summed E-state index contributed by atoms with van der Waals surface area (Å²) in [5.74, 6) is -0.964. The molecule has 8 heteroatoms. The van der Waals surface area contributed by atoms with Gasteiger partial charge in [0.2, 0.25) is 11.8 Å². The highest BCUT2D eigenvalue weighted by atomic mass is 16.7. The SMILES string of the molecule is CC1(C)OB(c2ccc3c4c(cccc24)N(C2CCC(=O)NC2=O)C3=O)OC1(C)C. The summed E-state index contributed by atoms with van der Waals surface area (Å²) in [7, 11) is -0.556. The molecule has 7 nitrogen and oxygen atoms in total. The van der Waals surface area contributed by atoms with E-state index in [0.717, 1.165) is 16.2 Å². The molecule has 2 aromatic carbocycles. The summed E-state index contributed by atoms with van der Waals surface area (Å²) >= 11 is 0. The van der Waals surface area contributed by atoms with Crippen LogP contribution in [0, 0.1) is 0 Å². The minimum atomic E-state index is -0.700. The third kappa shape index (κ3) is 2.56. The van der Waals surface area contributed by atoms with Crippen molar-refractivity contribution in [3.63, 3.8) is 0 Å².